The lowest BCUT2D eigenvalue weighted by Crippen LogP contribution is -2.49. The van der Waals surface area contributed by atoms with Gasteiger partial charge in [0.15, 0.2) is 0 Å². The first kappa shape index (κ1) is 17.7. The molecule has 122 valence electrons. The van der Waals surface area contributed by atoms with Crippen LogP contribution in [-0.4, -0.2) is 73.8 Å². The van der Waals surface area contributed by atoms with Crippen LogP contribution in [0.2, 0.25) is 5.15 Å². The maximum absolute atomic E-state index is 12.5. The average Bonchev–Trinajstić information content (AvgIpc) is 2.47. The van der Waals surface area contributed by atoms with E-state index in [1.54, 1.807) is 17.2 Å². The van der Waals surface area contributed by atoms with Crippen LogP contribution in [0.1, 0.15) is 10.4 Å². The van der Waals surface area contributed by atoms with Crippen molar-refractivity contribution in [3.63, 3.8) is 0 Å². The van der Waals surface area contributed by atoms with Gasteiger partial charge < -0.3 is 4.90 Å². The monoisotopic (exact) mass is 409 g/mol. The van der Waals surface area contributed by atoms with Gasteiger partial charge in [-0.15, -0.1) is 0 Å². The highest BCUT2D eigenvalue weighted by atomic mass is 79.9. The van der Waals surface area contributed by atoms with Crippen LogP contribution in [-0.2, 0) is 9.84 Å². The molecule has 22 heavy (non-hydrogen) atoms. The minimum atomic E-state index is -2.96. The summed E-state index contributed by atoms with van der Waals surface area (Å²) >= 11 is 9.26. The smallest absolute Gasteiger partial charge is 0.257 e. The third kappa shape index (κ3) is 4.91. The number of halogens is 2. The minimum Gasteiger partial charge on any atom is -0.336 e. The van der Waals surface area contributed by atoms with E-state index >= 15 is 0 Å². The van der Waals surface area contributed by atoms with Gasteiger partial charge in [-0.1, -0.05) is 11.6 Å². The van der Waals surface area contributed by atoms with Crippen LogP contribution in [0, 0.1) is 0 Å². The van der Waals surface area contributed by atoms with Gasteiger partial charge in [0.2, 0.25) is 0 Å². The second-order valence-electron chi connectivity index (χ2n) is 5.26. The average molecular weight is 411 g/mol. The van der Waals surface area contributed by atoms with Crippen LogP contribution in [0.15, 0.2) is 16.7 Å². The highest BCUT2D eigenvalue weighted by Gasteiger charge is 2.24. The number of pyridine rings is 1. The molecule has 1 amide bonds. The first-order valence-electron chi connectivity index (χ1n) is 6.76. The summed E-state index contributed by atoms with van der Waals surface area (Å²) in [4.78, 5) is 20.2. The molecule has 1 fully saturated rings. The molecule has 0 aromatic carbocycles. The summed E-state index contributed by atoms with van der Waals surface area (Å²) in [5.74, 6) is -0.0101. The Hall–Kier alpha value is -0.700. The van der Waals surface area contributed by atoms with Gasteiger partial charge in [0, 0.05) is 49.6 Å². The standard InChI is InChI=1S/C13H17BrClN3O3S/c1-22(20,21)7-6-17-2-4-18(5-3-17)13(19)11-8-10(14)9-16-12(11)15/h8-9H,2-7H2,1H3. The molecule has 9 heteroatoms. The molecule has 0 bridgehead atoms. The lowest BCUT2D eigenvalue weighted by atomic mass is 10.2. The number of carbonyl (C=O) groups excluding carboxylic acids is 1. The Labute approximate surface area is 143 Å². The SMILES string of the molecule is CS(=O)(=O)CCN1CCN(C(=O)c2cc(Br)cnc2Cl)CC1. The number of carbonyl (C=O) groups is 1. The largest absolute Gasteiger partial charge is 0.336 e. The molecule has 0 radical (unpaired) electrons. The number of sulfone groups is 1. The lowest BCUT2D eigenvalue weighted by Gasteiger charge is -2.34. The Morgan fingerprint density at radius 2 is 2.00 bits per heavy atom. The second-order valence-corrected chi connectivity index (χ2v) is 8.79. The Morgan fingerprint density at radius 1 is 1.36 bits per heavy atom. The summed E-state index contributed by atoms with van der Waals surface area (Å²) in [6, 6.07) is 1.66. The fourth-order valence-corrected chi connectivity index (χ4v) is 3.32. The minimum absolute atomic E-state index is 0.141. The van der Waals surface area contributed by atoms with Gasteiger partial charge in [-0.2, -0.15) is 0 Å². The van der Waals surface area contributed by atoms with Gasteiger partial charge in [-0.25, -0.2) is 13.4 Å². The van der Waals surface area contributed by atoms with Crippen molar-refractivity contribution in [2.24, 2.45) is 0 Å². The fraction of sp³-hybridized carbons (Fsp3) is 0.538. The van der Waals surface area contributed by atoms with Crippen LogP contribution >= 0.6 is 27.5 Å². The zero-order chi connectivity index (χ0) is 16.3. The number of hydrogen-bond acceptors (Lipinski definition) is 5. The summed E-state index contributed by atoms with van der Waals surface area (Å²) in [6.45, 7) is 2.90. The normalized spacial score (nSPS) is 16.8. The van der Waals surface area contributed by atoms with Gasteiger partial charge >= 0.3 is 0 Å². The van der Waals surface area contributed by atoms with Gasteiger partial charge in [-0.3, -0.25) is 9.69 Å². The molecule has 0 unspecified atom stereocenters. The van der Waals surface area contributed by atoms with Crippen molar-refractivity contribution >= 4 is 43.3 Å². The third-order valence-corrected chi connectivity index (χ3v) is 5.13. The van der Waals surface area contributed by atoms with E-state index in [1.165, 1.54) is 6.26 Å². The maximum atomic E-state index is 12.5. The molecule has 1 aliphatic rings. The molecule has 1 saturated heterocycles. The second kappa shape index (κ2) is 7.25. The van der Waals surface area contributed by atoms with Gasteiger partial charge in [0.25, 0.3) is 5.91 Å². The van der Waals surface area contributed by atoms with Crippen LogP contribution in [0.25, 0.3) is 0 Å². The first-order chi connectivity index (χ1) is 10.3. The Bertz CT molecular complexity index is 660. The van der Waals surface area contributed by atoms with Crippen molar-refractivity contribution in [3.8, 4) is 0 Å². The highest BCUT2D eigenvalue weighted by molar-refractivity contribution is 9.10. The summed E-state index contributed by atoms with van der Waals surface area (Å²) in [6.07, 6.45) is 2.78. The van der Waals surface area contributed by atoms with E-state index in [0.717, 1.165) is 0 Å². The predicted molar refractivity (Wildman–Crippen MR) is 89.0 cm³/mol. The Balaban J connectivity index is 1.94. The van der Waals surface area contributed by atoms with E-state index in [1.807, 2.05) is 4.90 Å². The highest BCUT2D eigenvalue weighted by Crippen LogP contribution is 2.20. The van der Waals surface area contributed by atoms with E-state index in [2.05, 4.69) is 20.9 Å². The zero-order valence-electron chi connectivity index (χ0n) is 12.1. The van der Waals surface area contributed by atoms with Crippen LogP contribution < -0.4 is 0 Å². The molecule has 1 aromatic rings. The van der Waals surface area contributed by atoms with Gasteiger partial charge in [0.05, 0.1) is 11.3 Å². The summed E-state index contributed by atoms with van der Waals surface area (Å²) in [5.41, 5.74) is 0.376. The molecule has 6 nitrogen and oxygen atoms in total. The Kier molecular flexibility index (Phi) is 5.81. The number of nitrogens with zero attached hydrogens (tertiary/aromatic N) is 3. The zero-order valence-corrected chi connectivity index (χ0v) is 15.3. The molecule has 1 aromatic heterocycles. The molecular weight excluding hydrogens is 394 g/mol. The molecule has 0 aliphatic carbocycles. The van der Waals surface area contributed by atoms with Gasteiger partial charge in [0.1, 0.15) is 15.0 Å². The molecule has 2 heterocycles. The van der Waals surface area contributed by atoms with Gasteiger partial charge in [-0.05, 0) is 22.0 Å². The van der Waals surface area contributed by atoms with Crippen molar-refractivity contribution in [2.45, 2.75) is 0 Å². The number of piperazine rings is 1. The van der Waals surface area contributed by atoms with Crippen molar-refractivity contribution in [1.82, 2.24) is 14.8 Å². The molecular formula is C13H17BrClN3O3S. The molecule has 0 saturated carbocycles. The van der Waals surface area contributed by atoms with Crippen molar-refractivity contribution in [2.75, 3.05) is 44.7 Å². The number of amides is 1. The molecule has 2 rings (SSSR count). The summed E-state index contributed by atoms with van der Waals surface area (Å²) in [7, 11) is -2.96. The summed E-state index contributed by atoms with van der Waals surface area (Å²) < 4.78 is 23.1. The molecule has 1 aliphatic heterocycles. The molecule has 0 N–H and O–H groups in total. The molecule has 0 spiro atoms. The number of aromatic nitrogens is 1. The van der Waals surface area contributed by atoms with E-state index in [0.29, 0.717) is 42.8 Å². The summed E-state index contributed by atoms with van der Waals surface area (Å²) in [5, 5.41) is 0.188. The fourth-order valence-electron chi connectivity index (χ4n) is 2.21. The van der Waals surface area contributed by atoms with E-state index < -0.39 is 9.84 Å². The van der Waals surface area contributed by atoms with Crippen molar-refractivity contribution in [1.29, 1.82) is 0 Å². The van der Waals surface area contributed by atoms with E-state index in [-0.39, 0.29) is 16.8 Å². The predicted octanol–water partition coefficient (Wildman–Crippen LogP) is 1.30. The maximum Gasteiger partial charge on any atom is 0.257 e. The van der Waals surface area contributed by atoms with E-state index in [4.69, 9.17) is 11.6 Å². The Morgan fingerprint density at radius 3 is 2.59 bits per heavy atom. The third-order valence-electron chi connectivity index (χ3n) is 3.47. The lowest BCUT2D eigenvalue weighted by molar-refractivity contribution is 0.0643. The number of hydrogen-bond donors (Lipinski definition) is 0. The van der Waals surface area contributed by atoms with Crippen LogP contribution in [0.5, 0.6) is 0 Å². The van der Waals surface area contributed by atoms with Crippen LogP contribution in [0.3, 0.4) is 0 Å². The topological polar surface area (TPSA) is 70.6 Å². The van der Waals surface area contributed by atoms with Crippen molar-refractivity contribution in [3.05, 3.63) is 27.5 Å². The van der Waals surface area contributed by atoms with E-state index in [9.17, 15) is 13.2 Å². The first-order valence-corrected chi connectivity index (χ1v) is 10.00. The van der Waals surface area contributed by atoms with Crippen molar-refractivity contribution < 1.29 is 13.2 Å². The molecule has 0 atom stereocenters. The quantitative estimate of drug-likeness (QED) is 0.700. The number of rotatable bonds is 4. The van der Waals surface area contributed by atoms with Crippen LogP contribution in [0.4, 0.5) is 0 Å².